The Hall–Kier alpha value is -0.370. The third-order valence-electron chi connectivity index (χ3n) is 3.60. The van der Waals surface area contributed by atoms with Crippen molar-refractivity contribution in [3.05, 3.63) is 0 Å². The summed E-state index contributed by atoms with van der Waals surface area (Å²) in [5.74, 6) is 1.65. The molecule has 0 amide bonds. The molecular formula is C17H35NO. The van der Waals surface area contributed by atoms with E-state index in [0.717, 1.165) is 19.4 Å². The van der Waals surface area contributed by atoms with Crippen molar-refractivity contribution < 1.29 is 4.79 Å². The van der Waals surface area contributed by atoms with Crippen LogP contribution in [0.4, 0.5) is 0 Å². The number of carbonyl (C=O) groups excluding carboxylic acids is 1. The van der Waals surface area contributed by atoms with Crippen LogP contribution in [0.15, 0.2) is 0 Å². The largest absolute Gasteiger partial charge is 0.315 e. The molecule has 19 heavy (non-hydrogen) atoms. The first-order valence-corrected chi connectivity index (χ1v) is 8.11. The number of carbonyl (C=O) groups is 1. The van der Waals surface area contributed by atoms with E-state index in [1.165, 1.54) is 19.3 Å². The lowest BCUT2D eigenvalue weighted by atomic mass is 9.85. The van der Waals surface area contributed by atoms with Crippen LogP contribution in [-0.4, -0.2) is 18.4 Å². The van der Waals surface area contributed by atoms with E-state index in [-0.39, 0.29) is 5.92 Å². The van der Waals surface area contributed by atoms with E-state index in [0.29, 0.717) is 23.7 Å². The Morgan fingerprint density at radius 3 is 2.00 bits per heavy atom. The lowest BCUT2D eigenvalue weighted by Crippen LogP contribution is -2.24. The molecular weight excluding hydrogens is 234 g/mol. The standard InChI is InChI=1S/C17H35NO/c1-13(2)10-11-16(17(19)14(3)4)9-7-8-12-18-15(5)6/h13-16,18H,7-12H2,1-6H3/t16-/m0/s1. The third-order valence-corrected chi connectivity index (χ3v) is 3.60. The molecule has 0 rings (SSSR count). The van der Waals surface area contributed by atoms with Crippen molar-refractivity contribution in [2.45, 2.75) is 79.7 Å². The highest BCUT2D eigenvalue weighted by Crippen LogP contribution is 2.22. The Kier molecular flexibility index (Phi) is 10.2. The van der Waals surface area contributed by atoms with Gasteiger partial charge in [-0.3, -0.25) is 4.79 Å². The van der Waals surface area contributed by atoms with Gasteiger partial charge in [0.2, 0.25) is 0 Å². The molecule has 0 aromatic heterocycles. The minimum Gasteiger partial charge on any atom is -0.315 e. The molecule has 0 aromatic rings. The molecule has 1 atom stereocenters. The van der Waals surface area contributed by atoms with Crippen LogP contribution in [0.1, 0.15) is 73.6 Å². The van der Waals surface area contributed by atoms with E-state index >= 15 is 0 Å². The van der Waals surface area contributed by atoms with Crippen molar-refractivity contribution >= 4 is 5.78 Å². The van der Waals surface area contributed by atoms with Crippen LogP contribution in [0.3, 0.4) is 0 Å². The Balaban J connectivity index is 4.01. The van der Waals surface area contributed by atoms with Gasteiger partial charge in [-0.1, -0.05) is 54.4 Å². The number of nitrogens with one attached hydrogen (secondary N) is 1. The van der Waals surface area contributed by atoms with Crippen LogP contribution in [0.25, 0.3) is 0 Å². The number of unbranched alkanes of at least 4 members (excludes halogenated alkanes) is 1. The fraction of sp³-hybridized carbons (Fsp3) is 0.941. The van der Waals surface area contributed by atoms with E-state index in [1.807, 2.05) is 13.8 Å². The first kappa shape index (κ1) is 18.6. The summed E-state index contributed by atoms with van der Waals surface area (Å²) >= 11 is 0. The van der Waals surface area contributed by atoms with Gasteiger partial charge in [0.25, 0.3) is 0 Å². The van der Waals surface area contributed by atoms with Gasteiger partial charge in [0.15, 0.2) is 0 Å². The summed E-state index contributed by atoms with van der Waals surface area (Å²) in [4.78, 5) is 12.2. The molecule has 0 radical (unpaired) electrons. The van der Waals surface area contributed by atoms with E-state index in [4.69, 9.17) is 0 Å². The van der Waals surface area contributed by atoms with Gasteiger partial charge in [-0.25, -0.2) is 0 Å². The Labute approximate surface area is 120 Å². The number of Topliss-reactive ketones (excluding diaryl/α,β-unsaturated/α-hetero) is 1. The van der Waals surface area contributed by atoms with Gasteiger partial charge in [0.1, 0.15) is 5.78 Å². The quantitative estimate of drug-likeness (QED) is 0.562. The lowest BCUT2D eigenvalue weighted by molar-refractivity contribution is -0.126. The monoisotopic (exact) mass is 269 g/mol. The first-order valence-electron chi connectivity index (χ1n) is 8.11. The zero-order valence-electron chi connectivity index (χ0n) is 14.0. The minimum absolute atomic E-state index is 0.186. The second-order valence-electron chi connectivity index (χ2n) is 6.83. The molecule has 0 heterocycles. The maximum atomic E-state index is 12.2. The van der Waals surface area contributed by atoms with Gasteiger partial charge >= 0.3 is 0 Å². The molecule has 0 aliphatic rings. The van der Waals surface area contributed by atoms with Crippen molar-refractivity contribution in [1.82, 2.24) is 5.32 Å². The van der Waals surface area contributed by atoms with Gasteiger partial charge in [-0.05, 0) is 31.7 Å². The number of ketones is 1. The van der Waals surface area contributed by atoms with Crippen LogP contribution in [0.5, 0.6) is 0 Å². The van der Waals surface area contributed by atoms with E-state index < -0.39 is 0 Å². The van der Waals surface area contributed by atoms with Crippen LogP contribution >= 0.6 is 0 Å². The van der Waals surface area contributed by atoms with E-state index in [2.05, 4.69) is 33.0 Å². The van der Waals surface area contributed by atoms with Crippen molar-refractivity contribution in [3.63, 3.8) is 0 Å². The average Bonchev–Trinajstić information content (AvgIpc) is 2.30. The van der Waals surface area contributed by atoms with Gasteiger partial charge < -0.3 is 5.32 Å². The average molecular weight is 269 g/mol. The second kappa shape index (κ2) is 10.4. The predicted octanol–water partition coefficient (Wildman–Crippen LogP) is 4.43. The summed E-state index contributed by atoms with van der Waals surface area (Å²) in [5, 5.41) is 3.44. The predicted molar refractivity (Wildman–Crippen MR) is 84.4 cm³/mol. The summed E-state index contributed by atoms with van der Waals surface area (Å²) in [6, 6.07) is 0.564. The second-order valence-corrected chi connectivity index (χ2v) is 6.83. The molecule has 2 nitrogen and oxygen atoms in total. The van der Waals surface area contributed by atoms with Crippen molar-refractivity contribution in [2.24, 2.45) is 17.8 Å². The molecule has 0 aromatic carbocycles. The van der Waals surface area contributed by atoms with E-state index in [9.17, 15) is 4.79 Å². The summed E-state index contributed by atoms with van der Waals surface area (Å²) < 4.78 is 0. The fourth-order valence-corrected chi connectivity index (χ4v) is 2.34. The van der Waals surface area contributed by atoms with Gasteiger partial charge in [0, 0.05) is 17.9 Å². The highest BCUT2D eigenvalue weighted by molar-refractivity contribution is 5.82. The zero-order valence-corrected chi connectivity index (χ0v) is 14.0. The summed E-state index contributed by atoms with van der Waals surface area (Å²) in [6.07, 6.45) is 5.67. The van der Waals surface area contributed by atoms with Crippen molar-refractivity contribution in [1.29, 1.82) is 0 Å². The molecule has 0 bridgehead atoms. The molecule has 114 valence electrons. The molecule has 0 aliphatic heterocycles. The molecule has 0 aliphatic carbocycles. The normalized spacial score (nSPS) is 13.5. The Morgan fingerprint density at radius 2 is 1.53 bits per heavy atom. The first-order chi connectivity index (χ1) is 8.84. The van der Waals surface area contributed by atoms with Crippen molar-refractivity contribution in [3.8, 4) is 0 Å². The summed E-state index contributed by atoms with van der Waals surface area (Å²) in [6.45, 7) is 14.0. The molecule has 0 fully saturated rings. The number of rotatable bonds is 11. The van der Waals surface area contributed by atoms with Crippen LogP contribution in [0, 0.1) is 17.8 Å². The minimum atomic E-state index is 0.186. The molecule has 1 N–H and O–H groups in total. The summed E-state index contributed by atoms with van der Waals surface area (Å²) in [5.41, 5.74) is 0. The SMILES string of the molecule is CC(C)CC[C@H](CCCCNC(C)C)C(=O)C(C)C. The third kappa shape index (κ3) is 10.1. The molecule has 0 saturated carbocycles. The highest BCUT2D eigenvalue weighted by Gasteiger charge is 2.20. The maximum Gasteiger partial charge on any atom is 0.138 e. The van der Waals surface area contributed by atoms with Crippen LogP contribution < -0.4 is 5.32 Å². The fourth-order valence-electron chi connectivity index (χ4n) is 2.34. The van der Waals surface area contributed by atoms with Gasteiger partial charge in [-0.15, -0.1) is 0 Å². The smallest absolute Gasteiger partial charge is 0.138 e. The maximum absolute atomic E-state index is 12.2. The molecule has 0 spiro atoms. The van der Waals surface area contributed by atoms with E-state index in [1.54, 1.807) is 0 Å². The topological polar surface area (TPSA) is 29.1 Å². The van der Waals surface area contributed by atoms with Crippen LogP contribution in [0.2, 0.25) is 0 Å². The molecule has 0 unspecified atom stereocenters. The Bertz CT molecular complexity index is 233. The molecule has 0 saturated heterocycles. The van der Waals surface area contributed by atoms with Gasteiger partial charge in [-0.2, -0.15) is 0 Å². The van der Waals surface area contributed by atoms with Crippen molar-refractivity contribution in [2.75, 3.05) is 6.54 Å². The number of hydrogen-bond donors (Lipinski definition) is 1. The highest BCUT2D eigenvalue weighted by atomic mass is 16.1. The summed E-state index contributed by atoms with van der Waals surface area (Å²) in [7, 11) is 0. The zero-order chi connectivity index (χ0) is 14.8. The lowest BCUT2D eigenvalue weighted by Gasteiger charge is -2.19. The van der Waals surface area contributed by atoms with Gasteiger partial charge in [0.05, 0.1) is 0 Å². The van der Waals surface area contributed by atoms with Crippen LogP contribution in [-0.2, 0) is 4.79 Å². The molecule has 2 heteroatoms. The Morgan fingerprint density at radius 1 is 0.895 bits per heavy atom. The number of hydrogen-bond acceptors (Lipinski definition) is 2.